The van der Waals surface area contributed by atoms with E-state index in [9.17, 15) is 9.59 Å². The predicted octanol–water partition coefficient (Wildman–Crippen LogP) is 5.37. The number of benzene rings is 2. The molecule has 5 nitrogen and oxygen atoms in total. The maximum atomic E-state index is 12.5. The maximum Gasteiger partial charge on any atom is 0.341 e. The first-order chi connectivity index (χ1) is 13.6. The minimum atomic E-state index is -0.468. The van der Waals surface area contributed by atoms with Gasteiger partial charge in [0.2, 0.25) is 0 Å². The molecule has 7 heteroatoms. The van der Waals surface area contributed by atoms with E-state index in [1.165, 1.54) is 11.3 Å². The summed E-state index contributed by atoms with van der Waals surface area (Å²) >= 11 is 4.66. The lowest BCUT2D eigenvalue weighted by molar-refractivity contribution is -0.118. The zero-order chi connectivity index (χ0) is 19.9. The molecular formula is C21H18BrNO4S. The largest absolute Gasteiger partial charge is 0.483 e. The quantitative estimate of drug-likeness (QED) is 0.482. The first kappa shape index (κ1) is 20.1. The van der Waals surface area contributed by atoms with Crippen molar-refractivity contribution in [2.24, 2.45) is 0 Å². The summed E-state index contributed by atoms with van der Waals surface area (Å²) in [6.45, 7) is 1.82. The molecule has 0 spiro atoms. The smallest absolute Gasteiger partial charge is 0.341 e. The molecule has 3 aromatic rings. The Hall–Kier alpha value is -2.64. The predicted molar refractivity (Wildman–Crippen MR) is 114 cm³/mol. The monoisotopic (exact) mass is 459 g/mol. The number of thiophene rings is 1. The van der Waals surface area contributed by atoms with Crippen LogP contribution in [0, 0.1) is 0 Å². The fraction of sp³-hybridized carbons (Fsp3) is 0.143. The Kier molecular flexibility index (Phi) is 6.84. The zero-order valence-electron chi connectivity index (χ0n) is 15.1. The van der Waals surface area contributed by atoms with Gasteiger partial charge in [-0.2, -0.15) is 0 Å². The SMILES string of the molecule is CCOC(=O)c1c(-c2ccccc2)csc1NC(=O)COc1ccccc1Br. The standard InChI is InChI=1S/C21H18BrNO4S/c1-2-26-21(25)19-15(14-8-4-3-5-9-14)13-28-20(19)23-18(24)12-27-17-11-7-6-10-16(17)22/h3-11,13H,2,12H2,1H3,(H,23,24). The number of carbonyl (C=O) groups excluding carboxylic acids is 2. The average molecular weight is 460 g/mol. The first-order valence-corrected chi connectivity index (χ1v) is 10.3. The second-order valence-corrected chi connectivity index (χ2v) is 7.44. The summed E-state index contributed by atoms with van der Waals surface area (Å²) in [7, 11) is 0. The van der Waals surface area contributed by atoms with Crippen LogP contribution in [0.2, 0.25) is 0 Å². The Balaban J connectivity index is 1.79. The van der Waals surface area contributed by atoms with Crippen LogP contribution in [0.3, 0.4) is 0 Å². The summed E-state index contributed by atoms with van der Waals surface area (Å²) in [4.78, 5) is 24.9. The van der Waals surface area contributed by atoms with Crippen LogP contribution in [0.4, 0.5) is 5.00 Å². The maximum absolute atomic E-state index is 12.5. The van der Waals surface area contributed by atoms with E-state index in [1.807, 2.05) is 53.9 Å². The molecule has 144 valence electrons. The number of amides is 1. The van der Waals surface area contributed by atoms with Crippen molar-refractivity contribution in [1.29, 1.82) is 0 Å². The average Bonchev–Trinajstić information content (AvgIpc) is 3.12. The topological polar surface area (TPSA) is 64.6 Å². The molecule has 0 bridgehead atoms. The number of nitrogens with one attached hydrogen (secondary N) is 1. The van der Waals surface area contributed by atoms with Gasteiger partial charge in [-0.05, 0) is 40.5 Å². The summed E-state index contributed by atoms with van der Waals surface area (Å²) in [6, 6.07) is 16.8. The third-order valence-electron chi connectivity index (χ3n) is 3.80. The van der Waals surface area contributed by atoms with Crippen molar-refractivity contribution < 1.29 is 19.1 Å². The normalized spacial score (nSPS) is 10.4. The van der Waals surface area contributed by atoms with Crippen LogP contribution in [0.15, 0.2) is 64.5 Å². The molecular weight excluding hydrogens is 442 g/mol. The Morgan fingerprint density at radius 3 is 2.50 bits per heavy atom. The van der Waals surface area contributed by atoms with E-state index in [2.05, 4.69) is 21.2 Å². The third-order valence-corrected chi connectivity index (χ3v) is 5.35. The first-order valence-electron chi connectivity index (χ1n) is 8.61. The van der Waals surface area contributed by atoms with Gasteiger partial charge in [-0.25, -0.2) is 4.79 Å². The summed E-state index contributed by atoms with van der Waals surface area (Å²) in [5.41, 5.74) is 1.96. The molecule has 1 heterocycles. The molecule has 2 aromatic carbocycles. The van der Waals surface area contributed by atoms with Crippen LogP contribution >= 0.6 is 27.3 Å². The van der Waals surface area contributed by atoms with E-state index >= 15 is 0 Å². The minimum Gasteiger partial charge on any atom is -0.483 e. The second-order valence-electron chi connectivity index (χ2n) is 5.71. The van der Waals surface area contributed by atoms with Gasteiger partial charge in [0.1, 0.15) is 16.3 Å². The van der Waals surface area contributed by atoms with Gasteiger partial charge in [0.05, 0.1) is 11.1 Å². The summed E-state index contributed by atoms with van der Waals surface area (Å²) in [5, 5.41) is 5.05. The number of carbonyl (C=O) groups is 2. The van der Waals surface area contributed by atoms with Crippen LogP contribution < -0.4 is 10.1 Å². The van der Waals surface area contributed by atoms with Crippen molar-refractivity contribution in [2.75, 3.05) is 18.5 Å². The van der Waals surface area contributed by atoms with Gasteiger partial charge in [0.25, 0.3) is 5.91 Å². The minimum absolute atomic E-state index is 0.177. The second kappa shape index (κ2) is 9.52. The van der Waals surface area contributed by atoms with Gasteiger partial charge < -0.3 is 14.8 Å². The number of anilines is 1. The van der Waals surface area contributed by atoms with Crippen molar-refractivity contribution in [3.05, 3.63) is 70.0 Å². The molecule has 0 fully saturated rings. The Morgan fingerprint density at radius 1 is 1.07 bits per heavy atom. The number of hydrogen-bond donors (Lipinski definition) is 1. The Bertz CT molecular complexity index is 972. The molecule has 1 amide bonds. The third kappa shape index (κ3) is 4.79. The van der Waals surface area contributed by atoms with E-state index < -0.39 is 5.97 Å². The lowest BCUT2D eigenvalue weighted by atomic mass is 10.0. The van der Waals surface area contributed by atoms with Gasteiger partial charge >= 0.3 is 5.97 Å². The molecule has 0 unspecified atom stereocenters. The lowest BCUT2D eigenvalue weighted by Crippen LogP contribution is -2.21. The van der Waals surface area contributed by atoms with E-state index in [0.717, 1.165) is 15.6 Å². The van der Waals surface area contributed by atoms with E-state index in [0.29, 0.717) is 16.3 Å². The number of esters is 1. The summed E-state index contributed by atoms with van der Waals surface area (Å²) in [6.07, 6.45) is 0. The Morgan fingerprint density at radius 2 is 1.79 bits per heavy atom. The summed E-state index contributed by atoms with van der Waals surface area (Å²) in [5.74, 6) is -0.258. The van der Waals surface area contributed by atoms with Gasteiger partial charge in [0.15, 0.2) is 6.61 Å². The number of halogens is 1. The number of hydrogen-bond acceptors (Lipinski definition) is 5. The molecule has 0 aliphatic rings. The van der Waals surface area contributed by atoms with Gasteiger partial charge in [0, 0.05) is 10.9 Å². The molecule has 0 saturated carbocycles. The number of rotatable bonds is 7. The highest BCUT2D eigenvalue weighted by Crippen LogP contribution is 2.36. The van der Waals surface area contributed by atoms with Crippen molar-refractivity contribution in [3.63, 3.8) is 0 Å². The number of para-hydroxylation sites is 1. The van der Waals surface area contributed by atoms with E-state index in [1.54, 1.807) is 13.0 Å². The molecule has 0 atom stereocenters. The molecule has 0 aliphatic heterocycles. The number of ether oxygens (including phenoxy) is 2. The van der Waals surface area contributed by atoms with Gasteiger partial charge in [-0.15, -0.1) is 11.3 Å². The van der Waals surface area contributed by atoms with Crippen LogP contribution in [-0.2, 0) is 9.53 Å². The molecule has 0 radical (unpaired) electrons. The Labute approximate surface area is 175 Å². The van der Waals surface area contributed by atoms with E-state index in [-0.39, 0.29) is 19.1 Å². The fourth-order valence-corrected chi connectivity index (χ4v) is 3.93. The molecule has 3 rings (SSSR count). The van der Waals surface area contributed by atoms with Crippen molar-refractivity contribution >= 4 is 44.1 Å². The van der Waals surface area contributed by atoms with Crippen molar-refractivity contribution in [1.82, 2.24) is 0 Å². The van der Waals surface area contributed by atoms with Crippen LogP contribution in [0.1, 0.15) is 17.3 Å². The zero-order valence-corrected chi connectivity index (χ0v) is 17.5. The molecule has 1 aromatic heterocycles. The van der Waals surface area contributed by atoms with Crippen molar-refractivity contribution in [2.45, 2.75) is 6.92 Å². The lowest BCUT2D eigenvalue weighted by Gasteiger charge is -2.10. The van der Waals surface area contributed by atoms with Gasteiger partial charge in [-0.3, -0.25) is 4.79 Å². The molecule has 1 N–H and O–H groups in total. The van der Waals surface area contributed by atoms with Gasteiger partial charge in [-0.1, -0.05) is 42.5 Å². The fourth-order valence-electron chi connectivity index (χ4n) is 2.55. The molecule has 28 heavy (non-hydrogen) atoms. The van der Waals surface area contributed by atoms with Crippen LogP contribution in [0.25, 0.3) is 11.1 Å². The summed E-state index contributed by atoms with van der Waals surface area (Å²) < 4.78 is 11.5. The highest BCUT2D eigenvalue weighted by Gasteiger charge is 2.22. The van der Waals surface area contributed by atoms with Crippen LogP contribution in [-0.4, -0.2) is 25.1 Å². The highest BCUT2D eigenvalue weighted by molar-refractivity contribution is 9.10. The highest BCUT2D eigenvalue weighted by atomic mass is 79.9. The molecule has 0 saturated heterocycles. The van der Waals surface area contributed by atoms with Crippen LogP contribution in [0.5, 0.6) is 5.75 Å². The van der Waals surface area contributed by atoms with E-state index in [4.69, 9.17) is 9.47 Å². The van der Waals surface area contributed by atoms with Crippen molar-refractivity contribution in [3.8, 4) is 16.9 Å². The molecule has 0 aliphatic carbocycles.